The van der Waals surface area contributed by atoms with Crippen molar-refractivity contribution in [2.45, 2.75) is 65.2 Å². The normalized spacial score (nSPS) is 47.7. The van der Waals surface area contributed by atoms with Gasteiger partial charge in [-0.1, -0.05) is 19.0 Å². The number of nitrogens with zero attached hydrogens (tertiary/aromatic N) is 1. The number of carbonyl (C=O) groups is 1. The van der Waals surface area contributed by atoms with Crippen molar-refractivity contribution >= 4 is 11.5 Å². The quantitative estimate of drug-likeness (QED) is 0.467. The molecule has 2 unspecified atom stereocenters. The van der Waals surface area contributed by atoms with E-state index in [0.717, 1.165) is 50.7 Å². The van der Waals surface area contributed by atoms with Crippen LogP contribution in [0.5, 0.6) is 0 Å². The highest BCUT2D eigenvalue weighted by atomic mass is 16.6. The molecular weight excluding hydrogens is 336 g/mol. The number of Topliss-reactive ketones (excluding diaryl/α,β-unsaturated/α-hetero) is 1. The molecule has 2 N–H and O–H groups in total. The Kier molecular flexibility index (Phi) is 4.87. The highest BCUT2D eigenvalue weighted by molar-refractivity contribution is 5.87. The second-order valence-electron chi connectivity index (χ2n) is 9.90. The van der Waals surface area contributed by atoms with Gasteiger partial charge in [0.2, 0.25) is 0 Å². The molecular formula is C23H34N2O2. The van der Waals surface area contributed by atoms with Gasteiger partial charge in [0.25, 0.3) is 0 Å². The molecule has 0 aliphatic heterocycles. The van der Waals surface area contributed by atoms with Crippen LogP contribution in [0.1, 0.15) is 65.2 Å². The molecule has 4 heteroatoms. The molecule has 4 fully saturated rings. The predicted molar refractivity (Wildman–Crippen MR) is 107 cm³/mol. The summed E-state index contributed by atoms with van der Waals surface area (Å²) >= 11 is 0. The van der Waals surface area contributed by atoms with E-state index in [1.165, 1.54) is 6.42 Å². The van der Waals surface area contributed by atoms with Gasteiger partial charge >= 0.3 is 0 Å². The van der Waals surface area contributed by atoms with Crippen molar-refractivity contribution in [2.75, 3.05) is 13.2 Å². The number of ketones is 1. The minimum atomic E-state index is -0.0825. The molecule has 148 valence electrons. The molecule has 0 aromatic heterocycles. The molecule has 0 aromatic rings. The van der Waals surface area contributed by atoms with Gasteiger partial charge in [0.1, 0.15) is 12.4 Å². The first-order valence-corrected chi connectivity index (χ1v) is 10.8. The molecule has 0 amide bonds. The number of nitrogens with two attached hydrogens (primary N) is 1. The van der Waals surface area contributed by atoms with Crippen LogP contribution in [0.25, 0.3) is 0 Å². The van der Waals surface area contributed by atoms with Crippen molar-refractivity contribution in [3.8, 4) is 12.3 Å². The summed E-state index contributed by atoms with van der Waals surface area (Å²) in [4.78, 5) is 18.0. The van der Waals surface area contributed by atoms with Crippen LogP contribution in [0.2, 0.25) is 0 Å². The van der Waals surface area contributed by atoms with Crippen LogP contribution in [0.4, 0.5) is 0 Å². The Balaban J connectivity index is 1.60. The third-order valence-corrected chi connectivity index (χ3v) is 8.88. The number of hydrogen-bond donors (Lipinski definition) is 1. The van der Waals surface area contributed by atoms with Crippen LogP contribution in [-0.4, -0.2) is 24.6 Å². The molecule has 4 aliphatic carbocycles. The smallest absolute Gasteiger partial charge is 0.139 e. The third-order valence-electron chi connectivity index (χ3n) is 8.88. The third kappa shape index (κ3) is 2.85. The molecule has 4 nitrogen and oxygen atoms in total. The Morgan fingerprint density at radius 3 is 2.78 bits per heavy atom. The van der Waals surface area contributed by atoms with E-state index in [1.807, 2.05) is 0 Å². The van der Waals surface area contributed by atoms with Gasteiger partial charge in [0.05, 0.1) is 5.71 Å². The number of oxime groups is 1. The number of carbonyl (C=O) groups excluding carboxylic acids is 1. The van der Waals surface area contributed by atoms with E-state index in [9.17, 15) is 4.79 Å². The van der Waals surface area contributed by atoms with Gasteiger partial charge in [-0.3, -0.25) is 4.79 Å². The minimum absolute atomic E-state index is 0.0825. The van der Waals surface area contributed by atoms with E-state index in [0.29, 0.717) is 42.6 Å². The minimum Gasteiger partial charge on any atom is -0.395 e. The fourth-order valence-corrected chi connectivity index (χ4v) is 7.37. The van der Waals surface area contributed by atoms with E-state index in [2.05, 4.69) is 24.9 Å². The first-order chi connectivity index (χ1) is 12.9. The Morgan fingerprint density at radius 2 is 2.04 bits per heavy atom. The van der Waals surface area contributed by atoms with Gasteiger partial charge in [0, 0.05) is 24.3 Å². The molecule has 0 aromatic carbocycles. The Hall–Kier alpha value is -1.34. The zero-order valence-electron chi connectivity index (χ0n) is 16.9. The van der Waals surface area contributed by atoms with Crippen molar-refractivity contribution < 1.29 is 9.63 Å². The van der Waals surface area contributed by atoms with Crippen LogP contribution in [0, 0.1) is 52.8 Å². The summed E-state index contributed by atoms with van der Waals surface area (Å²) in [6.07, 6.45) is 14.3. The second kappa shape index (κ2) is 6.92. The van der Waals surface area contributed by atoms with Crippen molar-refractivity contribution in [2.24, 2.45) is 51.3 Å². The second-order valence-corrected chi connectivity index (χ2v) is 9.90. The lowest BCUT2D eigenvalue weighted by Gasteiger charge is -2.61. The largest absolute Gasteiger partial charge is 0.395 e. The van der Waals surface area contributed by atoms with Crippen molar-refractivity contribution in [1.82, 2.24) is 0 Å². The maximum atomic E-state index is 12.6. The summed E-state index contributed by atoms with van der Waals surface area (Å²) in [5, 5.41) is 4.37. The standard InChI is InChI=1S/C23H34N2O2/c1-4-15-13-17-18-5-6-21(26)23(18,3)10-8-19(17)22(2)9-7-16(14-20(15)22)25-27-12-11-24/h1,15,17-20H,5-14,24H2,2-3H3/t15?,17-,18-,19+,20?,22+,23-/m0/s1. The SMILES string of the molecule is C#CC1C[C@@H]2[C@@H](CC[C@]3(C)C(=O)CC[C@@H]23)[C@@]2(C)CCC(=NOCCN)CC12. The lowest BCUT2D eigenvalue weighted by Crippen LogP contribution is -2.56. The summed E-state index contributed by atoms with van der Waals surface area (Å²) in [5.74, 6) is 6.28. The van der Waals surface area contributed by atoms with Crippen molar-refractivity contribution in [3.05, 3.63) is 0 Å². The lowest BCUT2D eigenvalue weighted by atomic mass is 9.43. The number of terminal acetylenes is 1. The van der Waals surface area contributed by atoms with Crippen LogP contribution >= 0.6 is 0 Å². The van der Waals surface area contributed by atoms with Crippen molar-refractivity contribution in [3.63, 3.8) is 0 Å². The van der Waals surface area contributed by atoms with Gasteiger partial charge in [-0.25, -0.2) is 0 Å². The van der Waals surface area contributed by atoms with Crippen LogP contribution in [0.15, 0.2) is 5.16 Å². The van der Waals surface area contributed by atoms with Gasteiger partial charge in [-0.2, -0.15) is 0 Å². The van der Waals surface area contributed by atoms with Gasteiger partial charge < -0.3 is 10.6 Å². The Bertz CT molecular complexity index is 680. The summed E-state index contributed by atoms with van der Waals surface area (Å²) in [5.41, 5.74) is 6.84. The zero-order valence-corrected chi connectivity index (χ0v) is 16.9. The summed E-state index contributed by atoms with van der Waals surface area (Å²) < 4.78 is 0. The molecule has 4 aliphatic rings. The molecule has 0 heterocycles. The molecule has 4 rings (SSSR count). The van der Waals surface area contributed by atoms with E-state index in [1.54, 1.807) is 0 Å². The average molecular weight is 371 g/mol. The monoisotopic (exact) mass is 370 g/mol. The van der Waals surface area contributed by atoms with E-state index < -0.39 is 0 Å². The molecule has 0 radical (unpaired) electrons. The van der Waals surface area contributed by atoms with Crippen molar-refractivity contribution in [1.29, 1.82) is 0 Å². The first kappa shape index (κ1) is 19.0. The summed E-state index contributed by atoms with van der Waals surface area (Å²) in [7, 11) is 0. The molecule has 0 spiro atoms. The van der Waals surface area contributed by atoms with E-state index in [-0.39, 0.29) is 16.7 Å². The molecule has 7 atom stereocenters. The van der Waals surface area contributed by atoms with E-state index in [4.69, 9.17) is 17.0 Å². The van der Waals surface area contributed by atoms with Crippen LogP contribution < -0.4 is 5.73 Å². The lowest BCUT2D eigenvalue weighted by molar-refractivity contribution is -0.139. The number of rotatable bonds is 3. The summed E-state index contributed by atoms with van der Waals surface area (Å²) in [6, 6.07) is 0. The van der Waals surface area contributed by atoms with Crippen LogP contribution in [-0.2, 0) is 9.63 Å². The first-order valence-electron chi connectivity index (χ1n) is 10.8. The van der Waals surface area contributed by atoms with Crippen LogP contribution in [0.3, 0.4) is 0 Å². The van der Waals surface area contributed by atoms with Gasteiger partial charge in [-0.15, -0.1) is 12.3 Å². The number of hydrogen-bond acceptors (Lipinski definition) is 4. The highest BCUT2D eigenvalue weighted by Gasteiger charge is 2.61. The molecule has 0 saturated heterocycles. The Labute approximate surface area is 163 Å². The summed E-state index contributed by atoms with van der Waals surface area (Å²) in [6.45, 7) is 5.69. The molecule has 27 heavy (non-hydrogen) atoms. The van der Waals surface area contributed by atoms with Gasteiger partial charge in [-0.05, 0) is 74.0 Å². The fraction of sp³-hybridized carbons (Fsp3) is 0.826. The predicted octanol–water partition coefficient (Wildman–Crippen LogP) is 3.79. The Morgan fingerprint density at radius 1 is 1.22 bits per heavy atom. The average Bonchev–Trinajstić information content (AvgIpc) is 2.96. The fourth-order valence-electron chi connectivity index (χ4n) is 7.37. The maximum absolute atomic E-state index is 12.6. The highest BCUT2D eigenvalue weighted by Crippen LogP contribution is 2.66. The maximum Gasteiger partial charge on any atom is 0.139 e. The zero-order chi connectivity index (χ0) is 19.2. The molecule has 0 bridgehead atoms. The van der Waals surface area contributed by atoms with Gasteiger partial charge in [0.15, 0.2) is 0 Å². The topological polar surface area (TPSA) is 64.7 Å². The van der Waals surface area contributed by atoms with E-state index >= 15 is 0 Å². The number of fused-ring (bicyclic) bond motifs is 5. The molecule has 4 saturated carbocycles.